The first-order chi connectivity index (χ1) is 8.84. The third-order valence-corrected chi connectivity index (χ3v) is 4.17. The molecule has 0 fully saturated rings. The number of fused-ring (bicyclic) bond motifs is 1. The molecular weight excluding hydrogens is 242 g/mol. The zero-order valence-electron chi connectivity index (χ0n) is 10.0. The second-order valence-corrected chi connectivity index (χ2v) is 5.33. The van der Waals surface area contributed by atoms with Crippen LogP contribution in [0.15, 0.2) is 52.5 Å². The molecule has 2 N–H and O–H groups in total. The van der Waals surface area contributed by atoms with Gasteiger partial charge in [0.15, 0.2) is 0 Å². The smallest absolute Gasteiger partial charge is 0.103 e. The van der Waals surface area contributed by atoms with Crippen molar-refractivity contribution in [2.75, 3.05) is 0 Å². The SMILES string of the molecule is NC(CCc1ccco1)c1cccc2ccsc12. The lowest BCUT2D eigenvalue weighted by Gasteiger charge is -2.12. The summed E-state index contributed by atoms with van der Waals surface area (Å²) in [6, 6.07) is 12.5. The molecule has 0 bridgehead atoms. The van der Waals surface area contributed by atoms with Gasteiger partial charge in [0.1, 0.15) is 5.76 Å². The fraction of sp³-hybridized carbons (Fsp3) is 0.200. The number of aryl methyl sites for hydroxylation is 1. The summed E-state index contributed by atoms with van der Waals surface area (Å²) in [7, 11) is 0. The summed E-state index contributed by atoms with van der Waals surface area (Å²) in [5, 5.41) is 3.40. The lowest BCUT2D eigenvalue weighted by atomic mass is 10.0. The first-order valence-electron chi connectivity index (χ1n) is 6.08. The van der Waals surface area contributed by atoms with Crippen LogP contribution in [0, 0.1) is 0 Å². The van der Waals surface area contributed by atoms with E-state index in [2.05, 4.69) is 29.6 Å². The quantitative estimate of drug-likeness (QED) is 0.763. The van der Waals surface area contributed by atoms with Crippen molar-refractivity contribution in [3.8, 4) is 0 Å². The Labute approximate surface area is 110 Å². The maximum atomic E-state index is 6.30. The Balaban J connectivity index is 1.79. The summed E-state index contributed by atoms with van der Waals surface area (Å²) >= 11 is 1.76. The molecule has 2 nitrogen and oxygen atoms in total. The number of thiophene rings is 1. The predicted molar refractivity (Wildman–Crippen MR) is 75.8 cm³/mol. The molecule has 92 valence electrons. The molecule has 0 amide bonds. The number of furan rings is 1. The zero-order chi connectivity index (χ0) is 12.4. The van der Waals surface area contributed by atoms with Crippen molar-refractivity contribution < 1.29 is 4.42 Å². The summed E-state index contributed by atoms with van der Waals surface area (Å²) < 4.78 is 6.65. The van der Waals surface area contributed by atoms with Gasteiger partial charge >= 0.3 is 0 Å². The van der Waals surface area contributed by atoms with Crippen molar-refractivity contribution in [2.45, 2.75) is 18.9 Å². The minimum atomic E-state index is 0.0671. The van der Waals surface area contributed by atoms with Gasteiger partial charge in [-0.15, -0.1) is 11.3 Å². The van der Waals surface area contributed by atoms with Crippen LogP contribution in [0.4, 0.5) is 0 Å². The molecule has 0 aliphatic heterocycles. The van der Waals surface area contributed by atoms with E-state index in [1.54, 1.807) is 17.6 Å². The molecule has 1 unspecified atom stereocenters. The highest BCUT2D eigenvalue weighted by atomic mass is 32.1. The molecule has 0 spiro atoms. The van der Waals surface area contributed by atoms with Crippen molar-refractivity contribution in [3.63, 3.8) is 0 Å². The van der Waals surface area contributed by atoms with Crippen molar-refractivity contribution in [1.82, 2.24) is 0 Å². The van der Waals surface area contributed by atoms with E-state index in [0.717, 1.165) is 18.6 Å². The summed E-state index contributed by atoms with van der Waals surface area (Å²) in [4.78, 5) is 0. The van der Waals surface area contributed by atoms with Crippen LogP contribution in [-0.2, 0) is 6.42 Å². The summed E-state index contributed by atoms with van der Waals surface area (Å²) in [5.41, 5.74) is 7.55. The zero-order valence-corrected chi connectivity index (χ0v) is 10.8. The molecule has 2 heterocycles. The van der Waals surface area contributed by atoms with Gasteiger partial charge in [0.2, 0.25) is 0 Å². The van der Waals surface area contributed by atoms with E-state index in [4.69, 9.17) is 10.2 Å². The van der Waals surface area contributed by atoms with Crippen LogP contribution in [0.1, 0.15) is 23.8 Å². The molecule has 0 aliphatic rings. The molecule has 3 rings (SSSR count). The number of hydrogen-bond acceptors (Lipinski definition) is 3. The van der Waals surface area contributed by atoms with Gasteiger partial charge in [0, 0.05) is 17.2 Å². The minimum absolute atomic E-state index is 0.0671. The summed E-state index contributed by atoms with van der Waals surface area (Å²) in [6.45, 7) is 0. The van der Waals surface area contributed by atoms with Crippen LogP contribution in [0.3, 0.4) is 0 Å². The Hall–Kier alpha value is -1.58. The first-order valence-corrected chi connectivity index (χ1v) is 6.96. The van der Waals surface area contributed by atoms with Crippen LogP contribution in [0.5, 0.6) is 0 Å². The molecule has 2 aromatic heterocycles. The van der Waals surface area contributed by atoms with E-state index >= 15 is 0 Å². The molecule has 0 saturated heterocycles. The van der Waals surface area contributed by atoms with Crippen molar-refractivity contribution in [2.24, 2.45) is 5.73 Å². The van der Waals surface area contributed by atoms with Gasteiger partial charge in [-0.1, -0.05) is 18.2 Å². The highest BCUT2D eigenvalue weighted by molar-refractivity contribution is 7.17. The molecule has 0 radical (unpaired) electrons. The predicted octanol–water partition coefficient (Wildman–Crippen LogP) is 4.13. The Morgan fingerprint density at radius 1 is 1.17 bits per heavy atom. The van der Waals surface area contributed by atoms with Crippen LogP contribution >= 0.6 is 11.3 Å². The number of nitrogens with two attached hydrogens (primary N) is 1. The van der Waals surface area contributed by atoms with Gasteiger partial charge in [-0.3, -0.25) is 0 Å². The standard InChI is InChI=1S/C15H15NOS/c16-14(7-6-12-4-2-9-17-12)13-5-1-3-11-8-10-18-15(11)13/h1-5,8-10,14H,6-7,16H2. The second-order valence-electron chi connectivity index (χ2n) is 4.41. The van der Waals surface area contributed by atoms with Gasteiger partial charge < -0.3 is 10.2 Å². The summed E-state index contributed by atoms with van der Waals surface area (Å²) in [6.07, 6.45) is 3.50. The maximum Gasteiger partial charge on any atom is 0.103 e. The monoisotopic (exact) mass is 257 g/mol. The third kappa shape index (κ3) is 2.19. The highest BCUT2D eigenvalue weighted by Crippen LogP contribution is 2.29. The van der Waals surface area contributed by atoms with Crippen LogP contribution in [0.25, 0.3) is 10.1 Å². The van der Waals surface area contributed by atoms with Gasteiger partial charge in [0.25, 0.3) is 0 Å². The highest BCUT2D eigenvalue weighted by Gasteiger charge is 2.11. The Morgan fingerprint density at radius 3 is 2.94 bits per heavy atom. The fourth-order valence-electron chi connectivity index (χ4n) is 2.22. The fourth-order valence-corrected chi connectivity index (χ4v) is 3.19. The molecule has 0 aliphatic carbocycles. The lowest BCUT2D eigenvalue weighted by Crippen LogP contribution is -2.11. The molecule has 3 aromatic rings. The molecular formula is C15H15NOS. The Kier molecular flexibility index (Phi) is 3.17. The molecule has 1 aromatic carbocycles. The van der Waals surface area contributed by atoms with E-state index in [1.165, 1.54) is 15.6 Å². The molecule has 0 saturated carbocycles. The van der Waals surface area contributed by atoms with E-state index in [-0.39, 0.29) is 6.04 Å². The number of rotatable bonds is 4. The Bertz CT molecular complexity index is 627. The minimum Gasteiger partial charge on any atom is -0.469 e. The average molecular weight is 257 g/mol. The average Bonchev–Trinajstić information content (AvgIpc) is 3.05. The van der Waals surface area contributed by atoms with Gasteiger partial charge in [-0.05, 0) is 40.9 Å². The second kappa shape index (κ2) is 4.96. The topological polar surface area (TPSA) is 39.2 Å². The van der Waals surface area contributed by atoms with Crippen molar-refractivity contribution in [3.05, 3.63) is 59.4 Å². The molecule has 18 heavy (non-hydrogen) atoms. The lowest BCUT2D eigenvalue weighted by molar-refractivity contribution is 0.489. The van der Waals surface area contributed by atoms with Gasteiger partial charge in [-0.2, -0.15) is 0 Å². The van der Waals surface area contributed by atoms with E-state index in [1.807, 2.05) is 12.1 Å². The van der Waals surface area contributed by atoms with Crippen molar-refractivity contribution >= 4 is 21.4 Å². The summed E-state index contributed by atoms with van der Waals surface area (Å²) in [5.74, 6) is 1.00. The van der Waals surface area contributed by atoms with Gasteiger partial charge in [0.05, 0.1) is 6.26 Å². The van der Waals surface area contributed by atoms with E-state index in [0.29, 0.717) is 0 Å². The van der Waals surface area contributed by atoms with Crippen LogP contribution in [-0.4, -0.2) is 0 Å². The van der Waals surface area contributed by atoms with Crippen LogP contribution in [0.2, 0.25) is 0 Å². The van der Waals surface area contributed by atoms with E-state index in [9.17, 15) is 0 Å². The maximum absolute atomic E-state index is 6.30. The number of benzene rings is 1. The van der Waals surface area contributed by atoms with Crippen LogP contribution < -0.4 is 5.73 Å². The third-order valence-electron chi connectivity index (χ3n) is 3.19. The van der Waals surface area contributed by atoms with Gasteiger partial charge in [-0.25, -0.2) is 0 Å². The largest absolute Gasteiger partial charge is 0.469 e. The first kappa shape index (κ1) is 11.5. The Morgan fingerprint density at radius 2 is 2.11 bits per heavy atom. The van der Waals surface area contributed by atoms with E-state index < -0.39 is 0 Å². The van der Waals surface area contributed by atoms with Crippen molar-refractivity contribution in [1.29, 1.82) is 0 Å². The normalized spacial score (nSPS) is 12.9. The molecule has 3 heteroatoms. The number of hydrogen-bond donors (Lipinski definition) is 1. The molecule has 1 atom stereocenters.